The van der Waals surface area contributed by atoms with E-state index in [1.807, 2.05) is 26.0 Å². The first-order chi connectivity index (χ1) is 14.1. The molecule has 0 unspecified atom stereocenters. The zero-order chi connectivity index (χ0) is 22.1. The molecule has 3 rings (SSSR count). The maximum absolute atomic E-state index is 12.9. The van der Waals surface area contributed by atoms with Gasteiger partial charge in [0.25, 0.3) is 15.9 Å². The Morgan fingerprint density at radius 3 is 2.30 bits per heavy atom. The zero-order valence-corrected chi connectivity index (χ0v) is 18.9. The van der Waals surface area contributed by atoms with Crippen LogP contribution in [0.2, 0.25) is 10.0 Å². The summed E-state index contributed by atoms with van der Waals surface area (Å²) in [6, 6.07) is 14.6. The molecule has 0 aliphatic heterocycles. The molecule has 1 amide bonds. The van der Waals surface area contributed by atoms with Gasteiger partial charge in [0.05, 0.1) is 10.7 Å². The second kappa shape index (κ2) is 8.68. The average Bonchev–Trinajstić information content (AvgIpc) is 2.68. The summed E-state index contributed by atoms with van der Waals surface area (Å²) in [6.45, 7) is 5.51. The molecule has 30 heavy (non-hydrogen) atoms. The molecule has 0 heterocycles. The molecule has 0 fully saturated rings. The standard InChI is InChI=1S/C22H20Cl2N2O3S/c1-13-7-10-19(14(2)11-13)26-30(28,29)21-12-16(8-9-18(21)24)22(27)25-20-6-4-5-17(23)15(20)3/h4-12,26H,1-3H3,(H,25,27). The Morgan fingerprint density at radius 2 is 1.60 bits per heavy atom. The van der Waals surface area contributed by atoms with Gasteiger partial charge >= 0.3 is 0 Å². The van der Waals surface area contributed by atoms with Crippen LogP contribution in [-0.2, 0) is 10.0 Å². The van der Waals surface area contributed by atoms with Crippen molar-refractivity contribution >= 4 is 50.5 Å². The van der Waals surface area contributed by atoms with Crippen molar-refractivity contribution in [2.45, 2.75) is 25.7 Å². The van der Waals surface area contributed by atoms with E-state index in [9.17, 15) is 13.2 Å². The van der Waals surface area contributed by atoms with Crippen LogP contribution in [0.15, 0.2) is 59.5 Å². The van der Waals surface area contributed by atoms with E-state index in [0.29, 0.717) is 22.0 Å². The summed E-state index contributed by atoms with van der Waals surface area (Å²) >= 11 is 12.2. The minimum Gasteiger partial charge on any atom is -0.322 e. The highest BCUT2D eigenvalue weighted by Gasteiger charge is 2.21. The summed E-state index contributed by atoms with van der Waals surface area (Å²) in [4.78, 5) is 12.5. The van der Waals surface area contributed by atoms with Crippen LogP contribution in [0.1, 0.15) is 27.0 Å². The number of carbonyl (C=O) groups is 1. The van der Waals surface area contributed by atoms with Crippen molar-refractivity contribution in [2.24, 2.45) is 0 Å². The molecule has 3 aromatic rings. The Labute approximate surface area is 186 Å². The number of aryl methyl sites for hydroxylation is 2. The summed E-state index contributed by atoms with van der Waals surface area (Å²) in [5.74, 6) is -0.472. The Balaban J connectivity index is 1.92. The fourth-order valence-corrected chi connectivity index (χ4v) is 4.75. The topological polar surface area (TPSA) is 75.3 Å². The third-order valence-corrected chi connectivity index (χ3v) is 6.88. The van der Waals surface area contributed by atoms with Gasteiger partial charge in [-0.15, -0.1) is 0 Å². The molecule has 0 spiro atoms. The minimum atomic E-state index is -4.01. The van der Waals surface area contributed by atoms with Crippen LogP contribution in [0.25, 0.3) is 0 Å². The lowest BCUT2D eigenvalue weighted by Crippen LogP contribution is -2.17. The Kier molecular flexibility index (Phi) is 6.41. The smallest absolute Gasteiger partial charge is 0.263 e. The molecule has 0 aliphatic rings. The lowest BCUT2D eigenvalue weighted by atomic mass is 10.1. The number of amides is 1. The van der Waals surface area contributed by atoms with E-state index >= 15 is 0 Å². The lowest BCUT2D eigenvalue weighted by molar-refractivity contribution is 0.102. The van der Waals surface area contributed by atoms with Crippen LogP contribution in [0, 0.1) is 20.8 Å². The monoisotopic (exact) mass is 462 g/mol. The van der Waals surface area contributed by atoms with Crippen LogP contribution in [0.4, 0.5) is 11.4 Å². The first-order valence-electron chi connectivity index (χ1n) is 9.04. The fourth-order valence-electron chi connectivity index (χ4n) is 2.92. The predicted octanol–water partition coefficient (Wildman–Crippen LogP) is 5.97. The number of sulfonamides is 1. The summed E-state index contributed by atoms with van der Waals surface area (Å²) in [5, 5.41) is 3.28. The molecule has 0 atom stereocenters. The highest BCUT2D eigenvalue weighted by Crippen LogP contribution is 2.28. The quantitative estimate of drug-likeness (QED) is 0.490. The first kappa shape index (κ1) is 22.2. The molecule has 3 aromatic carbocycles. The highest BCUT2D eigenvalue weighted by atomic mass is 35.5. The number of benzene rings is 3. The van der Waals surface area contributed by atoms with Gasteiger partial charge < -0.3 is 5.32 Å². The van der Waals surface area contributed by atoms with Gasteiger partial charge in [0.15, 0.2) is 0 Å². The van der Waals surface area contributed by atoms with Crippen molar-refractivity contribution in [1.29, 1.82) is 0 Å². The summed E-state index contributed by atoms with van der Waals surface area (Å²) < 4.78 is 28.4. The van der Waals surface area contributed by atoms with Gasteiger partial charge in [0.1, 0.15) is 4.90 Å². The first-order valence-corrected chi connectivity index (χ1v) is 11.3. The van der Waals surface area contributed by atoms with Crippen molar-refractivity contribution in [3.05, 3.63) is 86.9 Å². The molecule has 0 bridgehead atoms. The van der Waals surface area contributed by atoms with Crippen molar-refractivity contribution in [3.8, 4) is 0 Å². The molecular weight excluding hydrogens is 443 g/mol. The average molecular weight is 463 g/mol. The van der Waals surface area contributed by atoms with Crippen LogP contribution in [0.5, 0.6) is 0 Å². The summed E-state index contributed by atoms with van der Waals surface area (Å²) in [6.07, 6.45) is 0. The Morgan fingerprint density at radius 1 is 0.867 bits per heavy atom. The zero-order valence-electron chi connectivity index (χ0n) is 16.6. The van der Waals surface area contributed by atoms with E-state index in [-0.39, 0.29) is 15.5 Å². The van der Waals surface area contributed by atoms with Crippen LogP contribution >= 0.6 is 23.2 Å². The van der Waals surface area contributed by atoms with Crippen molar-refractivity contribution in [1.82, 2.24) is 0 Å². The summed E-state index contributed by atoms with van der Waals surface area (Å²) in [5.41, 5.74) is 3.65. The Hall–Kier alpha value is -2.54. The molecule has 0 saturated carbocycles. The number of carbonyl (C=O) groups excluding carboxylic acids is 1. The summed E-state index contributed by atoms with van der Waals surface area (Å²) in [7, 11) is -4.01. The van der Waals surface area contributed by atoms with Crippen molar-refractivity contribution in [3.63, 3.8) is 0 Å². The SMILES string of the molecule is Cc1ccc(NS(=O)(=O)c2cc(C(=O)Nc3cccc(Cl)c3C)ccc2Cl)c(C)c1. The number of rotatable bonds is 5. The van der Waals surface area contributed by atoms with Gasteiger partial charge in [0.2, 0.25) is 0 Å². The molecule has 8 heteroatoms. The maximum atomic E-state index is 12.9. The van der Waals surface area contributed by atoms with Gasteiger partial charge in [-0.25, -0.2) is 8.42 Å². The number of hydrogen-bond donors (Lipinski definition) is 2. The highest BCUT2D eigenvalue weighted by molar-refractivity contribution is 7.92. The lowest BCUT2D eigenvalue weighted by Gasteiger charge is -2.14. The number of hydrogen-bond acceptors (Lipinski definition) is 3. The predicted molar refractivity (Wildman–Crippen MR) is 122 cm³/mol. The van der Waals surface area contributed by atoms with Gasteiger partial charge in [-0.1, -0.05) is 47.0 Å². The molecule has 2 N–H and O–H groups in total. The van der Waals surface area contributed by atoms with Crippen molar-refractivity contribution in [2.75, 3.05) is 10.0 Å². The molecule has 0 aliphatic carbocycles. The molecular formula is C22H20Cl2N2O3S. The normalized spacial score (nSPS) is 11.2. The number of nitrogens with one attached hydrogen (secondary N) is 2. The Bertz CT molecular complexity index is 1240. The third kappa shape index (κ3) is 4.78. The molecule has 156 valence electrons. The maximum Gasteiger partial charge on any atom is 0.263 e. The number of halogens is 2. The van der Waals surface area contributed by atoms with E-state index in [1.165, 1.54) is 18.2 Å². The van der Waals surface area contributed by atoms with Crippen LogP contribution in [0.3, 0.4) is 0 Å². The van der Waals surface area contributed by atoms with Crippen LogP contribution < -0.4 is 10.0 Å². The van der Waals surface area contributed by atoms with E-state index < -0.39 is 15.9 Å². The van der Waals surface area contributed by atoms with E-state index in [4.69, 9.17) is 23.2 Å². The van der Waals surface area contributed by atoms with Gasteiger partial charge in [-0.05, 0) is 68.3 Å². The van der Waals surface area contributed by atoms with Crippen LogP contribution in [-0.4, -0.2) is 14.3 Å². The molecule has 0 saturated heterocycles. The molecule has 0 aromatic heterocycles. The largest absolute Gasteiger partial charge is 0.322 e. The van der Waals surface area contributed by atoms with Gasteiger partial charge in [-0.2, -0.15) is 0 Å². The minimum absolute atomic E-state index is 0.0164. The van der Waals surface area contributed by atoms with E-state index in [0.717, 1.165) is 11.1 Å². The molecule has 0 radical (unpaired) electrons. The van der Waals surface area contributed by atoms with Gasteiger partial charge in [-0.3, -0.25) is 9.52 Å². The second-order valence-electron chi connectivity index (χ2n) is 6.94. The molecule has 5 nitrogen and oxygen atoms in total. The van der Waals surface area contributed by atoms with Gasteiger partial charge in [0, 0.05) is 16.3 Å². The second-order valence-corrected chi connectivity index (χ2v) is 9.40. The van der Waals surface area contributed by atoms with Crippen molar-refractivity contribution < 1.29 is 13.2 Å². The fraction of sp³-hybridized carbons (Fsp3) is 0.136. The third-order valence-electron chi connectivity index (χ3n) is 4.63. The van der Waals surface area contributed by atoms with E-state index in [2.05, 4.69) is 10.0 Å². The van der Waals surface area contributed by atoms with E-state index in [1.54, 1.807) is 31.2 Å². The number of anilines is 2.